The van der Waals surface area contributed by atoms with Crippen molar-refractivity contribution in [2.24, 2.45) is 4.99 Å². The maximum atomic E-state index is 12.5. The summed E-state index contributed by atoms with van der Waals surface area (Å²) in [6.07, 6.45) is 0.288. The monoisotopic (exact) mass is 461 g/mol. The summed E-state index contributed by atoms with van der Waals surface area (Å²) >= 11 is 2.85. The molecular formula is C21H23N3O5S2. The number of benzene rings is 2. The Kier molecular flexibility index (Phi) is 8.21. The summed E-state index contributed by atoms with van der Waals surface area (Å²) in [4.78, 5) is 29.0. The van der Waals surface area contributed by atoms with Crippen LogP contribution in [0.1, 0.15) is 13.3 Å². The average Bonchev–Trinajstić information content (AvgIpc) is 3.10. The third-order valence-corrected chi connectivity index (χ3v) is 6.46. The Labute approximate surface area is 187 Å². The SMILES string of the molecule is CCOCCn1c(=NC(=O)CCSc2ccc(OC)cc2)sc2cc([N+](=O)[O-])ccc21. The Bertz CT molecular complexity index is 1120. The number of nitro benzene ring substituents is 1. The Hall–Kier alpha value is -2.69. The number of hydrogen-bond donors (Lipinski definition) is 0. The molecule has 1 heterocycles. The largest absolute Gasteiger partial charge is 0.497 e. The van der Waals surface area contributed by atoms with Crippen LogP contribution in [0.3, 0.4) is 0 Å². The molecule has 0 N–H and O–H groups in total. The highest BCUT2D eigenvalue weighted by Gasteiger charge is 2.13. The maximum Gasteiger partial charge on any atom is 0.270 e. The van der Waals surface area contributed by atoms with E-state index in [-0.39, 0.29) is 18.0 Å². The Balaban J connectivity index is 1.76. The summed E-state index contributed by atoms with van der Waals surface area (Å²) in [5.74, 6) is 1.16. The van der Waals surface area contributed by atoms with Crippen LogP contribution in [0, 0.1) is 10.1 Å². The van der Waals surface area contributed by atoms with Crippen molar-refractivity contribution < 1.29 is 19.2 Å². The minimum absolute atomic E-state index is 0.0134. The van der Waals surface area contributed by atoms with Crippen LogP contribution < -0.4 is 9.54 Å². The van der Waals surface area contributed by atoms with Crippen LogP contribution in [0.15, 0.2) is 52.4 Å². The molecule has 31 heavy (non-hydrogen) atoms. The molecule has 0 atom stereocenters. The lowest BCUT2D eigenvalue weighted by Crippen LogP contribution is -2.19. The normalized spacial score (nSPS) is 11.7. The number of amides is 1. The number of methoxy groups -OCH3 is 1. The smallest absolute Gasteiger partial charge is 0.270 e. The van der Waals surface area contributed by atoms with Crippen LogP contribution in [0.4, 0.5) is 5.69 Å². The summed E-state index contributed by atoms with van der Waals surface area (Å²) in [5, 5.41) is 11.1. The third-order valence-electron chi connectivity index (χ3n) is 4.40. The number of carbonyl (C=O) groups excluding carboxylic acids is 1. The molecule has 1 amide bonds. The number of carbonyl (C=O) groups is 1. The van der Waals surface area contributed by atoms with Crippen molar-refractivity contribution in [3.63, 3.8) is 0 Å². The van der Waals surface area contributed by atoms with Gasteiger partial charge in [-0.1, -0.05) is 11.3 Å². The molecule has 0 aliphatic carbocycles. The van der Waals surface area contributed by atoms with E-state index in [9.17, 15) is 14.9 Å². The highest BCUT2D eigenvalue weighted by molar-refractivity contribution is 7.99. The van der Waals surface area contributed by atoms with Gasteiger partial charge in [0, 0.05) is 42.4 Å². The number of nitro groups is 1. The van der Waals surface area contributed by atoms with Gasteiger partial charge in [-0.3, -0.25) is 14.9 Å². The van der Waals surface area contributed by atoms with E-state index >= 15 is 0 Å². The lowest BCUT2D eigenvalue weighted by Gasteiger charge is -2.05. The zero-order valence-corrected chi connectivity index (χ0v) is 18.9. The van der Waals surface area contributed by atoms with Gasteiger partial charge in [-0.2, -0.15) is 4.99 Å². The van der Waals surface area contributed by atoms with E-state index in [0.717, 1.165) is 16.2 Å². The molecule has 0 aliphatic rings. The van der Waals surface area contributed by atoms with Crippen LogP contribution in [0.5, 0.6) is 5.75 Å². The van der Waals surface area contributed by atoms with Gasteiger partial charge in [-0.05, 0) is 37.3 Å². The third kappa shape index (κ3) is 6.16. The second-order valence-electron chi connectivity index (χ2n) is 6.42. The van der Waals surface area contributed by atoms with E-state index in [1.807, 2.05) is 35.8 Å². The maximum absolute atomic E-state index is 12.5. The van der Waals surface area contributed by atoms with Gasteiger partial charge in [0.1, 0.15) is 5.75 Å². The number of nitrogens with zero attached hydrogens (tertiary/aromatic N) is 3. The highest BCUT2D eigenvalue weighted by Crippen LogP contribution is 2.24. The van der Waals surface area contributed by atoms with Crippen LogP contribution >= 0.6 is 23.1 Å². The molecule has 0 saturated heterocycles. The second-order valence-corrected chi connectivity index (χ2v) is 8.60. The molecular weight excluding hydrogens is 438 g/mol. The number of hydrogen-bond acceptors (Lipinski definition) is 7. The van der Waals surface area contributed by atoms with E-state index in [1.54, 1.807) is 24.9 Å². The van der Waals surface area contributed by atoms with Crippen molar-refractivity contribution in [1.82, 2.24) is 4.57 Å². The summed E-state index contributed by atoms with van der Waals surface area (Å²) in [7, 11) is 1.62. The zero-order chi connectivity index (χ0) is 22.2. The molecule has 0 aliphatic heterocycles. The van der Waals surface area contributed by atoms with Crippen LogP contribution in [0.25, 0.3) is 10.2 Å². The number of ether oxygens (including phenoxy) is 2. The highest BCUT2D eigenvalue weighted by atomic mass is 32.2. The Morgan fingerprint density at radius 3 is 2.71 bits per heavy atom. The fourth-order valence-corrected chi connectivity index (χ4v) is 4.82. The van der Waals surface area contributed by atoms with Crippen LogP contribution in [-0.2, 0) is 16.1 Å². The molecule has 2 aromatic carbocycles. The molecule has 0 radical (unpaired) electrons. The molecule has 164 valence electrons. The van der Waals surface area contributed by atoms with Crippen molar-refractivity contribution in [3.8, 4) is 5.75 Å². The van der Waals surface area contributed by atoms with Crippen molar-refractivity contribution in [3.05, 3.63) is 57.4 Å². The molecule has 8 nitrogen and oxygen atoms in total. The standard InChI is InChI=1S/C21H23N3O5S2/c1-3-29-12-11-23-18-9-4-15(24(26)27)14-19(18)31-21(23)22-20(25)10-13-30-17-7-5-16(28-2)6-8-17/h4-9,14H,3,10-13H2,1-2H3. The van der Waals surface area contributed by atoms with Crippen molar-refractivity contribution in [2.45, 2.75) is 24.8 Å². The van der Waals surface area contributed by atoms with Gasteiger partial charge in [0.25, 0.3) is 5.69 Å². The van der Waals surface area contributed by atoms with Crippen molar-refractivity contribution >= 4 is 44.9 Å². The minimum Gasteiger partial charge on any atom is -0.497 e. The Morgan fingerprint density at radius 1 is 1.26 bits per heavy atom. The van der Waals surface area contributed by atoms with E-state index in [1.165, 1.54) is 23.5 Å². The van der Waals surface area contributed by atoms with Crippen molar-refractivity contribution in [2.75, 3.05) is 26.1 Å². The first-order chi connectivity index (χ1) is 15.0. The number of fused-ring (bicyclic) bond motifs is 1. The zero-order valence-electron chi connectivity index (χ0n) is 17.3. The molecule has 0 bridgehead atoms. The first kappa shape index (κ1) is 23.0. The molecule has 3 rings (SSSR count). The van der Waals surface area contributed by atoms with E-state index in [0.29, 0.717) is 35.0 Å². The predicted octanol–water partition coefficient (Wildman–Crippen LogP) is 4.27. The van der Waals surface area contributed by atoms with Gasteiger partial charge in [-0.15, -0.1) is 11.8 Å². The Morgan fingerprint density at radius 2 is 2.03 bits per heavy atom. The lowest BCUT2D eigenvalue weighted by molar-refractivity contribution is -0.384. The number of non-ortho nitro benzene ring substituents is 1. The summed E-state index contributed by atoms with van der Waals surface area (Å²) in [6.45, 7) is 3.48. The number of aromatic nitrogens is 1. The van der Waals surface area contributed by atoms with Gasteiger partial charge in [0.05, 0.1) is 28.9 Å². The van der Waals surface area contributed by atoms with Gasteiger partial charge < -0.3 is 14.0 Å². The quantitative estimate of drug-likeness (QED) is 0.194. The van der Waals surface area contributed by atoms with Crippen molar-refractivity contribution in [1.29, 1.82) is 0 Å². The number of thioether (sulfide) groups is 1. The molecule has 10 heteroatoms. The predicted molar refractivity (Wildman–Crippen MR) is 122 cm³/mol. The first-order valence-corrected chi connectivity index (χ1v) is 11.5. The summed E-state index contributed by atoms with van der Waals surface area (Å²) in [6, 6.07) is 12.3. The van der Waals surface area contributed by atoms with Gasteiger partial charge in [0.2, 0.25) is 5.91 Å². The van der Waals surface area contributed by atoms with E-state index < -0.39 is 4.92 Å². The molecule has 0 spiro atoms. The fourth-order valence-electron chi connectivity index (χ4n) is 2.87. The van der Waals surface area contributed by atoms with E-state index in [4.69, 9.17) is 9.47 Å². The van der Waals surface area contributed by atoms with E-state index in [2.05, 4.69) is 4.99 Å². The average molecular weight is 462 g/mol. The summed E-state index contributed by atoms with van der Waals surface area (Å²) < 4.78 is 13.2. The summed E-state index contributed by atoms with van der Waals surface area (Å²) in [5.41, 5.74) is 0.814. The van der Waals surface area contributed by atoms with Crippen LogP contribution in [-0.4, -0.2) is 41.5 Å². The fraction of sp³-hybridized carbons (Fsp3) is 0.333. The minimum atomic E-state index is -0.429. The second kappa shape index (κ2) is 11.1. The topological polar surface area (TPSA) is 96.0 Å². The van der Waals surface area contributed by atoms with Gasteiger partial charge in [-0.25, -0.2) is 0 Å². The molecule has 1 aromatic heterocycles. The first-order valence-electron chi connectivity index (χ1n) is 9.71. The van der Waals surface area contributed by atoms with Crippen LogP contribution in [0.2, 0.25) is 0 Å². The molecule has 0 saturated carbocycles. The number of rotatable bonds is 10. The van der Waals surface area contributed by atoms with Gasteiger partial charge >= 0.3 is 0 Å². The molecule has 0 unspecified atom stereocenters. The molecule has 3 aromatic rings. The number of thiazole rings is 1. The lowest BCUT2D eigenvalue weighted by atomic mass is 10.3. The molecule has 0 fully saturated rings. The van der Waals surface area contributed by atoms with Gasteiger partial charge in [0.15, 0.2) is 4.80 Å².